The topological polar surface area (TPSA) is 128 Å². The zero-order chi connectivity index (χ0) is 21.0. The molecule has 0 heterocycles. The molecule has 2 aromatic rings. The van der Waals surface area contributed by atoms with Gasteiger partial charge in [-0.1, -0.05) is 12.1 Å². The van der Waals surface area contributed by atoms with Crippen LogP contribution in [0.25, 0.3) is 0 Å². The Morgan fingerprint density at radius 1 is 1.17 bits per heavy atom. The predicted octanol–water partition coefficient (Wildman–Crippen LogP) is 2.59. The van der Waals surface area contributed by atoms with Crippen molar-refractivity contribution in [3.8, 4) is 0 Å². The third-order valence-electron chi connectivity index (χ3n) is 4.32. The van der Waals surface area contributed by atoms with E-state index in [1.165, 1.54) is 25.1 Å². The van der Waals surface area contributed by atoms with Crippen molar-refractivity contribution in [1.82, 2.24) is 5.32 Å². The lowest BCUT2D eigenvalue weighted by Gasteiger charge is -2.11. The number of nitro benzene ring substituents is 1. The summed E-state index contributed by atoms with van der Waals surface area (Å²) >= 11 is 0. The van der Waals surface area contributed by atoms with Gasteiger partial charge in [0.2, 0.25) is 0 Å². The summed E-state index contributed by atoms with van der Waals surface area (Å²) in [5.74, 6) is -1.66. The predicted molar refractivity (Wildman–Crippen MR) is 104 cm³/mol. The normalized spacial score (nSPS) is 12.7. The number of esters is 1. The van der Waals surface area contributed by atoms with Crippen molar-refractivity contribution in [1.29, 1.82) is 0 Å². The molecule has 2 aromatic carbocycles. The maximum atomic E-state index is 12.3. The molecule has 1 fully saturated rings. The van der Waals surface area contributed by atoms with Gasteiger partial charge in [-0.05, 0) is 44.0 Å². The van der Waals surface area contributed by atoms with Gasteiger partial charge >= 0.3 is 5.97 Å². The Morgan fingerprint density at radius 3 is 2.55 bits per heavy atom. The number of carbonyl (C=O) groups is 3. The summed E-state index contributed by atoms with van der Waals surface area (Å²) in [5.41, 5.74) is 0.943. The Balaban J connectivity index is 1.59. The summed E-state index contributed by atoms with van der Waals surface area (Å²) in [5, 5.41) is 16.2. The Bertz CT molecular complexity index is 984. The van der Waals surface area contributed by atoms with Crippen molar-refractivity contribution in [2.75, 3.05) is 11.9 Å². The average Bonchev–Trinajstić information content (AvgIpc) is 3.50. The molecule has 2 amide bonds. The molecule has 1 saturated carbocycles. The third-order valence-corrected chi connectivity index (χ3v) is 4.32. The number of carbonyl (C=O) groups excluding carboxylic acids is 3. The van der Waals surface area contributed by atoms with E-state index in [9.17, 15) is 24.5 Å². The first-order chi connectivity index (χ1) is 13.8. The average molecular weight is 397 g/mol. The van der Waals surface area contributed by atoms with Gasteiger partial charge in [-0.2, -0.15) is 0 Å². The number of nitrogens with zero attached hydrogens (tertiary/aromatic N) is 1. The number of hydrogen-bond donors (Lipinski definition) is 2. The number of rotatable bonds is 7. The van der Waals surface area contributed by atoms with Crippen molar-refractivity contribution >= 4 is 29.2 Å². The molecule has 3 rings (SSSR count). The second-order valence-electron chi connectivity index (χ2n) is 6.68. The summed E-state index contributed by atoms with van der Waals surface area (Å²) < 4.78 is 4.97. The minimum Gasteiger partial charge on any atom is -0.452 e. The summed E-state index contributed by atoms with van der Waals surface area (Å²) in [6.45, 7) is 0.943. The molecule has 9 nitrogen and oxygen atoms in total. The SMILES string of the molecule is Cc1cc(C(=O)OCC(=O)Nc2ccccc2C(=O)NC2CC2)ccc1[N+](=O)[O-]. The highest BCUT2D eigenvalue weighted by molar-refractivity contribution is 6.04. The lowest BCUT2D eigenvalue weighted by Crippen LogP contribution is -2.28. The van der Waals surface area contributed by atoms with Crippen molar-refractivity contribution < 1.29 is 24.0 Å². The highest BCUT2D eigenvalue weighted by atomic mass is 16.6. The van der Waals surface area contributed by atoms with E-state index >= 15 is 0 Å². The molecule has 0 atom stereocenters. The molecule has 0 unspecified atom stereocenters. The molecule has 9 heteroatoms. The fourth-order valence-corrected chi connectivity index (χ4v) is 2.67. The van der Waals surface area contributed by atoms with E-state index in [1.807, 2.05) is 0 Å². The van der Waals surface area contributed by atoms with Gasteiger partial charge < -0.3 is 15.4 Å². The standard InChI is InChI=1S/C20H19N3O6/c1-12-10-13(6-9-17(12)23(27)28)20(26)29-11-18(24)22-16-5-3-2-4-15(16)19(25)21-14-7-8-14/h2-6,9-10,14H,7-8,11H2,1H3,(H,21,25)(H,22,24). The van der Waals surface area contributed by atoms with Gasteiger partial charge in [0.05, 0.1) is 21.7 Å². The fraction of sp³-hybridized carbons (Fsp3) is 0.250. The van der Waals surface area contributed by atoms with Gasteiger partial charge in [-0.15, -0.1) is 0 Å². The number of para-hydroxylation sites is 1. The number of ether oxygens (including phenoxy) is 1. The fourth-order valence-electron chi connectivity index (χ4n) is 2.67. The number of hydrogen-bond acceptors (Lipinski definition) is 6. The number of amides is 2. The van der Waals surface area contributed by atoms with E-state index < -0.39 is 23.4 Å². The van der Waals surface area contributed by atoms with Gasteiger partial charge in [-0.3, -0.25) is 19.7 Å². The zero-order valence-corrected chi connectivity index (χ0v) is 15.6. The largest absolute Gasteiger partial charge is 0.452 e. The molecule has 29 heavy (non-hydrogen) atoms. The summed E-state index contributed by atoms with van der Waals surface area (Å²) in [6, 6.07) is 10.5. The first kappa shape index (κ1) is 20.0. The smallest absolute Gasteiger partial charge is 0.338 e. The van der Waals surface area contributed by atoms with Crippen LogP contribution in [-0.2, 0) is 9.53 Å². The monoisotopic (exact) mass is 397 g/mol. The second-order valence-corrected chi connectivity index (χ2v) is 6.68. The molecule has 2 N–H and O–H groups in total. The number of benzene rings is 2. The van der Waals surface area contributed by atoms with E-state index in [-0.39, 0.29) is 23.2 Å². The lowest BCUT2D eigenvalue weighted by atomic mass is 10.1. The molecular weight excluding hydrogens is 378 g/mol. The van der Waals surface area contributed by atoms with Crippen molar-refractivity contribution in [2.24, 2.45) is 0 Å². The van der Waals surface area contributed by atoms with Crippen LogP contribution >= 0.6 is 0 Å². The molecule has 0 spiro atoms. The molecule has 0 bridgehead atoms. The second kappa shape index (κ2) is 8.51. The summed E-state index contributed by atoms with van der Waals surface area (Å²) in [4.78, 5) is 46.8. The molecule has 0 radical (unpaired) electrons. The molecular formula is C20H19N3O6. The van der Waals surface area contributed by atoms with Crippen LogP contribution in [-0.4, -0.2) is 35.4 Å². The summed E-state index contributed by atoms with van der Waals surface area (Å²) in [6.07, 6.45) is 1.89. The van der Waals surface area contributed by atoms with Crippen LogP contribution in [0.15, 0.2) is 42.5 Å². The van der Waals surface area contributed by atoms with Crippen molar-refractivity contribution in [3.63, 3.8) is 0 Å². The quantitative estimate of drug-likeness (QED) is 0.420. The maximum absolute atomic E-state index is 12.3. The van der Waals surface area contributed by atoms with Crippen molar-refractivity contribution in [2.45, 2.75) is 25.8 Å². The van der Waals surface area contributed by atoms with Gasteiger partial charge in [0.1, 0.15) is 0 Å². The van der Waals surface area contributed by atoms with Crippen LogP contribution in [0.1, 0.15) is 39.1 Å². The summed E-state index contributed by atoms with van der Waals surface area (Å²) in [7, 11) is 0. The van der Waals surface area contributed by atoms with Gasteiger partial charge in [0, 0.05) is 17.7 Å². The van der Waals surface area contributed by atoms with Gasteiger partial charge in [-0.25, -0.2) is 4.79 Å². The van der Waals surface area contributed by atoms with E-state index in [4.69, 9.17) is 4.74 Å². The first-order valence-electron chi connectivity index (χ1n) is 8.97. The molecule has 0 saturated heterocycles. The number of aryl methyl sites for hydroxylation is 1. The number of anilines is 1. The molecule has 150 valence electrons. The van der Waals surface area contributed by atoms with Crippen LogP contribution in [0.4, 0.5) is 11.4 Å². The minimum absolute atomic E-state index is 0.102. The van der Waals surface area contributed by atoms with Gasteiger partial charge in [0.15, 0.2) is 6.61 Å². The zero-order valence-electron chi connectivity index (χ0n) is 15.6. The first-order valence-corrected chi connectivity index (χ1v) is 8.97. The molecule has 1 aliphatic rings. The van der Waals surface area contributed by atoms with Crippen LogP contribution in [0.2, 0.25) is 0 Å². The highest BCUT2D eigenvalue weighted by Gasteiger charge is 2.25. The number of nitro groups is 1. The Hall–Kier alpha value is -3.75. The van der Waals surface area contributed by atoms with Crippen LogP contribution in [0, 0.1) is 17.0 Å². The number of nitrogens with one attached hydrogen (secondary N) is 2. The molecule has 0 aliphatic heterocycles. The maximum Gasteiger partial charge on any atom is 0.338 e. The Morgan fingerprint density at radius 2 is 1.90 bits per heavy atom. The highest BCUT2D eigenvalue weighted by Crippen LogP contribution is 2.22. The van der Waals surface area contributed by atoms with E-state index in [0.29, 0.717) is 16.8 Å². The van der Waals surface area contributed by atoms with E-state index in [1.54, 1.807) is 24.3 Å². The third kappa shape index (κ3) is 5.16. The van der Waals surface area contributed by atoms with E-state index in [0.717, 1.165) is 12.8 Å². The Kier molecular flexibility index (Phi) is 5.87. The van der Waals surface area contributed by atoms with E-state index in [2.05, 4.69) is 10.6 Å². The molecule has 0 aromatic heterocycles. The molecule has 1 aliphatic carbocycles. The minimum atomic E-state index is -0.780. The Labute approximate surface area is 166 Å². The van der Waals surface area contributed by atoms with Crippen LogP contribution in [0.3, 0.4) is 0 Å². The van der Waals surface area contributed by atoms with Crippen molar-refractivity contribution in [3.05, 3.63) is 69.3 Å². The van der Waals surface area contributed by atoms with Crippen LogP contribution in [0.5, 0.6) is 0 Å². The van der Waals surface area contributed by atoms with Crippen LogP contribution < -0.4 is 10.6 Å². The lowest BCUT2D eigenvalue weighted by molar-refractivity contribution is -0.385. The van der Waals surface area contributed by atoms with Gasteiger partial charge in [0.25, 0.3) is 17.5 Å².